The van der Waals surface area contributed by atoms with Crippen molar-refractivity contribution >= 4 is 5.69 Å². The molecule has 0 fully saturated rings. The lowest BCUT2D eigenvalue weighted by Crippen LogP contribution is -2.29. The van der Waals surface area contributed by atoms with Gasteiger partial charge in [-0.05, 0) is 42.1 Å². The van der Waals surface area contributed by atoms with Gasteiger partial charge in [0.15, 0.2) is 5.69 Å². The second-order valence-electron chi connectivity index (χ2n) is 6.49. The second kappa shape index (κ2) is 8.54. The Labute approximate surface area is 153 Å². The van der Waals surface area contributed by atoms with Crippen LogP contribution in [-0.2, 0) is 13.1 Å². The Kier molecular flexibility index (Phi) is 5.92. The van der Waals surface area contributed by atoms with E-state index in [4.69, 9.17) is 0 Å². The van der Waals surface area contributed by atoms with Crippen LogP contribution in [0.15, 0.2) is 76.4 Å². The first-order chi connectivity index (χ1) is 12.7. The van der Waals surface area contributed by atoms with Gasteiger partial charge in [0.1, 0.15) is 0 Å². The molecule has 0 aliphatic heterocycles. The third-order valence-electron chi connectivity index (χ3n) is 4.63. The van der Waals surface area contributed by atoms with Crippen LogP contribution < -0.4 is 10.9 Å². The maximum absolute atomic E-state index is 12.6. The van der Waals surface area contributed by atoms with E-state index < -0.39 is 0 Å². The second-order valence-corrected chi connectivity index (χ2v) is 6.49. The molecule has 1 aromatic heterocycles. The van der Waals surface area contributed by atoms with Crippen LogP contribution in [0.1, 0.15) is 30.9 Å². The third kappa shape index (κ3) is 4.24. The van der Waals surface area contributed by atoms with Crippen LogP contribution in [0.5, 0.6) is 0 Å². The molecule has 2 aromatic rings. The smallest absolute Gasteiger partial charge is 0.280 e. The van der Waals surface area contributed by atoms with Crippen LogP contribution in [0, 0.1) is 4.91 Å². The molecule has 1 heterocycles. The summed E-state index contributed by atoms with van der Waals surface area (Å²) in [5.41, 5.74) is 2.49. The summed E-state index contributed by atoms with van der Waals surface area (Å²) in [4.78, 5) is 23.9. The van der Waals surface area contributed by atoms with E-state index in [1.807, 2.05) is 30.3 Å². The molecule has 0 radical (unpaired) electrons. The Morgan fingerprint density at radius 1 is 1.19 bits per heavy atom. The van der Waals surface area contributed by atoms with Gasteiger partial charge >= 0.3 is 0 Å². The van der Waals surface area contributed by atoms with E-state index in [1.165, 1.54) is 10.1 Å². The van der Waals surface area contributed by atoms with E-state index in [9.17, 15) is 9.70 Å². The van der Waals surface area contributed by atoms with Crippen molar-refractivity contribution in [1.29, 1.82) is 0 Å². The van der Waals surface area contributed by atoms with E-state index in [0.29, 0.717) is 18.7 Å². The summed E-state index contributed by atoms with van der Waals surface area (Å²) in [6.07, 6.45) is 10.4. The summed E-state index contributed by atoms with van der Waals surface area (Å²) in [6, 6.07) is 11.6. The van der Waals surface area contributed by atoms with Gasteiger partial charge in [-0.15, -0.1) is 4.91 Å². The molecule has 1 unspecified atom stereocenters. The predicted molar refractivity (Wildman–Crippen MR) is 104 cm³/mol. The number of nitrogens with zero attached hydrogens (tertiary/aromatic N) is 2. The summed E-state index contributed by atoms with van der Waals surface area (Å²) in [5, 5.41) is 6.38. The molecule has 5 nitrogen and oxygen atoms in total. The molecule has 26 heavy (non-hydrogen) atoms. The highest BCUT2D eigenvalue weighted by Crippen LogP contribution is 2.17. The van der Waals surface area contributed by atoms with Crippen molar-refractivity contribution in [3.05, 3.63) is 92.8 Å². The Morgan fingerprint density at radius 2 is 2.00 bits per heavy atom. The molecule has 0 amide bonds. The van der Waals surface area contributed by atoms with Crippen LogP contribution in [-0.4, -0.2) is 10.6 Å². The van der Waals surface area contributed by atoms with Crippen LogP contribution in [0.25, 0.3) is 0 Å². The number of pyridine rings is 1. The fraction of sp³-hybridized carbons (Fsp3) is 0.286. The number of rotatable bonds is 7. The minimum Gasteiger partial charge on any atom is -0.309 e. The first-order valence-corrected chi connectivity index (χ1v) is 8.88. The quantitative estimate of drug-likeness (QED) is 0.767. The molecular formula is C21H23N3O2. The SMILES string of the molecule is CC(NCc1ccn(Cc2ccccc2)c(=O)c1N=O)C1=CCCC=C1. The lowest BCUT2D eigenvalue weighted by Gasteiger charge is -2.18. The van der Waals surface area contributed by atoms with E-state index in [-0.39, 0.29) is 17.3 Å². The van der Waals surface area contributed by atoms with E-state index in [2.05, 4.69) is 35.6 Å². The first-order valence-electron chi connectivity index (χ1n) is 8.88. The van der Waals surface area contributed by atoms with Gasteiger partial charge in [0.2, 0.25) is 0 Å². The molecule has 1 aliphatic rings. The first kappa shape index (κ1) is 18.0. The summed E-state index contributed by atoms with van der Waals surface area (Å²) in [7, 11) is 0. The summed E-state index contributed by atoms with van der Waals surface area (Å²) >= 11 is 0. The number of aromatic nitrogens is 1. The highest BCUT2D eigenvalue weighted by molar-refractivity contribution is 5.43. The maximum atomic E-state index is 12.6. The Balaban J connectivity index is 1.75. The molecule has 0 saturated heterocycles. The number of benzene rings is 1. The lowest BCUT2D eigenvalue weighted by molar-refractivity contribution is 0.610. The van der Waals surface area contributed by atoms with Crippen LogP contribution in [0.3, 0.4) is 0 Å². The van der Waals surface area contributed by atoms with Crippen molar-refractivity contribution in [3.63, 3.8) is 0 Å². The minimum absolute atomic E-state index is 0.0173. The number of hydrogen-bond acceptors (Lipinski definition) is 4. The van der Waals surface area contributed by atoms with Crippen molar-refractivity contribution in [3.8, 4) is 0 Å². The Bertz CT molecular complexity index is 882. The van der Waals surface area contributed by atoms with Crippen LogP contribution >= 0.6 is 0 Å². The average Bonchev–Trinajstić information content (AvgIpc) is 2.69. The topological polar surface area (TPSA) is 63.5 Å². The van der Waals surface area contributed by atoms with Gasteiger partial charge in [0.25, 0.3) is 5.56 Å². The van der Waals surface area contributed by atoms with Gasteiger partial charge < -0.3 is 9.88 Å². The summed E-state index contributed by atoms with van der Waals surface area (Å²) in [5.74, 6) is 0. The zero-order chi connectivity index (χ0) is 18.4. The van der Waals surface area contributed by atoms with Crippen molar-refractivity contribution in [2.75, 3.05) is 0 Å². The highest BCUT2D eigenvalue weighted by atomic mass is 16.3. The van der Waals surface area contributed by atoms with Crippen LogP contribution in [0.4, 0.5) is 5.69 Å². The molecule has 5 heteroatoms. The number of allylic oxidation sites excluding steroid dienone is 2. The zero-order valence-electron chi connectivity index (χ0n) is 14.9. The summed E-state index contributed by atoms with van der Waals surface area (Å²) < 4.78 is 1.52. The van der Waals surface area contributed by atoms with E-state index in [1.54, 1.807) is 12.3 Å². The predicted octanol–water partition coefficient (Wildman–Crippen LogP) is 4.05. The fourth-order valence-electron chi connectivity index (χ4n) is 3.08. The molecule has 134 valence electrons. The zero-order valence-corrected chi connectivity index (χ0v) is 14.9. The minimum atomic E-state index is -0.354. The molecule has 1 aliphatic carbocycles. The maximum Gasteiger partial charge on any atom is 0.280 e. The van der Waals surface area contributed by atoms with Gasteiger partial charge in [0, 0.05) is 24.3 Å². The standard InChI is InChI=1S/C21H23N3O2/c1-16(18-10-6-3-7-11-18)22-14-19-12-13-24(21(25)20(19)23-26)15-17-8-4-2-5-9-17/h2,4-6,8-13,16,22H,3,7,14-15H2,1H3. The molecule has 1 aromatic carbocycles. The van der Waals surface area contributed by atoms with Gasteiger partial charge in [-0.3, -0.25) is 4.79 Å². The Morgan fingerprint density at radius 3 is 2.69 bits per heavy atom. The molecule has 0 spiro atoms. The van der Waals surface area contributed by atoms with Gasteiger partial charge in [-0.1, -0.05) is 48.6 Å². The van der Waals surface area contributed by atoms with Crippen molar-refractivity contribution in [2.24, 2.45) is 5.18 Å². The lowest BCUT2D eigenvalue weighted by atomic mass is 10.0. The van der Waals surface area contributed by atoms with Crippen molar-refractivity contribution in [1.82, 2.24) is 9.88 Å². The van der Waals surface area contributed by atoms with E-state index >= 15 is 0 Å². The third-order valence-corrected chi connectivity index (χ3v) is 4.63. The van der Waals surface area contributed by atoms with Gasteiger partial charge in [0.05, 0.1) is 6.54 Å². The fourth-order valence-corrected chi connectivity index (χ4v) is 3.08. The molecule has 1 atom stereocenters. The number of nitrogens with one attached hydrogen (secondary N) is 1. The molecule has 0 saturated carbocycles. The van der Waals surface area contributed by atoms with E-state index in [0.717, 1.165) is 18.4 Å². The van der Waals surface area contributed by atoms with Crippen LogP contribution in [0.2, 0.25) is 0 Å². The highest BCUT2D eigenvalue weighted by Gasteiger charge is 2.13. The average molecular weight is 349 g/mol. The number of hydrogen-bond donors (Lipinski definition) is 1. The van der Waals surface area contributed by atoms with Gasteiger partial charge in [-0.2, -0.15) is 0 Å². The molecular weight excluding hydrogens is 326 g/mol. The monoisotopic (exact) mass is 349 g/mol. The van der Waals surface area contributed by atoms with Gasteiger partial charge in [-0.25, -0.2) is 0 Å². The molecule has 3 rings (SSSR count). The summed E-state index contributed by atoms with van der Waals surface area (Å²) in [6.45, 7) is 2.92. The van der Waals surface area contributed by atoms with Crippen molar-refractivity contribution < 1.29 is 0 Å². The number of nitroso groups, excluding NO2 is 1. The molecule has 1 N–H and O–H groups in total. The molecule has 0 bridgehead atoms. The largest absolute Gasteiger partial charge is 0.309 e. The Hall–Kier alpha value is -2.79. The normalized spacial score (nSPS) is 14.7. The van der Waals surface area contributed by atoms with Crippen molar-refractivity contribution in [2.45, 2.75) is 38.9 Å².